The molecule has 0 aliphatic carbocycles. The van der Waals surface area contributed by atoms with Crippen molar-refractivity contribution in [2.24, 2.45) is 0 Å². The highest BCUT2D eigenvalue weighted by molar-refractivity contribution is 5.89. The van der Waals surface area contributed by atoms with E-state index in [1.807, 2.05) is 32.0 Å². The molecule has 2 rings (SSSR count). The highest BCUT2D eigenvalue weighted by Gasteiger charge is 2.26. The van der Waals surface area contributed by atoms with Crippen LogP contribution in [0.25, 0.3) is 6.08 Å². The van der Waals surface area contributed by atoms with Crippen LogP contribution in [0.3, 0.4) is 0 Å². The molecule has 6 nitrogen and oxygen atoms in total. The van der Waals surface area contributed by atoms with E-state index in [1.54, 1.807) is 24.2 Å². The van der Waals surface area contributed by atoms with Crippen molar-refractivity contribution in [3.05, 3.63) is 35.9 Å². The highest BCUT2D eigenvalue weighted by Crippen LogP contribution is 2.14. The fourth-order valence-electron chi connectivity index (χ4n) is 2.56. The number of esters is 1. The molecule has 0 spiro atoms. The zero-order chi connectivity index (χ0) is 17.5. The van der Waals surface area contributed by atoms with E-state index in [0.717, 1.165) is 5.56 Å². The van der Waals surface area contributed by atoms with Gasteiger partial charge in [0.25, 0.3) is 5.91 Å². The minimum Gasteiger partial charge on any atom is -0.497 e. The van der Waals surface area contributed by atoms with E-state index in [4.69, 9.17) is 14.2 Å². The third-order valence-corrected chi connectivity index (χ3v) is 3.62. The second kappa shape index (κ2) is 8.49. The number of amides is 1. The molecule has 6 heteroatoms. The van der Waals surface area contributed by atoms with Gasteiger partial charge in [-0.1, -0.05) is 12.1 Å². The first-order chi connectivity index (χ1) is 11.5. The average molecular weight is 333 g/mol. The number of rotatable bonds is 5. The zero-order valence-corrected chi connectivity index (χ0v) is 14.2. The van der Waals surface area contributed by atoms with Crippen molar-refractivity contribution in [1.29, 1.82) is 0 Å². The van der Waals surface area contributed by atoms with Crippen molar-refractivity contribution in [3.8, 4) is 5.75 Å². The standard InChI is InChI=1S/C18H23NO5/c1-13-10-19(11-14(2)24-13)17(20)12-23-18(21)8-7-15-5-4-6-16(9-15)22-3/h4-9,13-14H,10-12H2,1-3H3/b8-7+/t13-,14+. The molecule has 0 unspecified atom stereocenters. The van der Waals surface area contributed by atoms with Crippen molar-refractivity contribution >= 4 is 18.0 Å². The summed E-state index contributed by atoms with van der Waals surface area (Å²) in [4.78, 5) is 25.5. The smallest absolute Gasteiger partial charge is 0.331 e. The molecule has 2 atom stereocenters. The Labute approximate surface area is 142 Å². The van der Waals surface area contributed by atoms with E-state index in [2.05, 4.69) is 0 Å². The number of methoxy groups -OCH3 is 1. The lowest BCUT2D eigenvalue weighted by Gasteiger charge is -2.35. The van der Waals surface area contributed by atoms with Gasteiger partial charge in [-0.05, 0) is 37.6 Å². The summed E-state index contributed by atoms with van der Waals surface area (Å²) >= 11 is 0. The average Bonchev–Trinajstić information content (AvgIpc) is 2.57. The molecule has 1 aromatic rings. The van der Waals surface area contributed by atoms with Gasteiger partial charge in [-0.2, -0.15) is 0 Å². The van der Waals surface area contributed by atoms with Crippen molar-refractivity contribution in [3.63, 3.8) is 0 Å². The molecule has 1 saturated heterocycles. The minimum absolute atomic E-state index is 0.0126. The maximum atomic E-state index is 12.1. The van der Waals surface area contributed by atoms with Gasteiger partial charge in [0.15, 0.2) is 6.61 Å². The Morgan fingerprint density at radius 1 is 1.29 bits per heavy atom. The first-order valence-corrected chi connectivity index (χ1v) is 7.90. The number of carbonyl (C=O) groups is 2. The molecule has 0 saturated carbocycles. The molecular formula is C18H23NO5. The van der Waals surface area contributed by atoms with Gasteiger partial charge in [0, 0.05) is 19.2 Å². The first kappa shape index (κ1) is 18.0. The molecule has 1 aliphatic rings. The molecule has 1 amide bonds. The third kappa shape index (κ3) is 5.38. The topological polar surface area (TPSA) is 65.1 Å². The number of nitrogens with zero attached hydrogens (tertiary/aromatic N) is 1. The van der Waals surface area contributed by atoms with Crippen LogP contribution < -0.4 is 4.74 Å². The normalized spacial score (nSPS) is 20.9. The summed E-state index contributed by atoms with van der Waals surface area (Å²) in [7, 11) is 1.58. The number of hydrogen-bond donors (Lipinski definition) is 0. The van der Waals surface area contributed by atoms with Gasteiger partial charge in [0.05, 0.1) is 19.3 Å². The molecular weight excluding hydrogens is 310 g/mol. The van der Waals surface area contributed by atoms with E-state index < -0.39 is 5.97 Å². The molecule has 0 radical (unpaired) electrons. The van der Waals surface area contributed by atoms with Crippen LogP contribution in [0.15, 0.2) is 30.3 Å². The van der Waals surface area contributed by atoms with Gasteiger partial charge < -0.3 is 19.1 Å². The first-order valence-electron chi connectivity index (χ1n) is 7.90. The van der Waals surface area contributed by atoms with Crippen molar-refractivity contribution in [1.82, 2.24) is 4.90 Å². The zero-order valence-electron chi connectivity index (χ0n) is 14.2. The molecule has 0 bridgehead atoms. The van der Waals surface area contributed by atoms with E-state index in [0.29, 0.717) is 18.8 Å². The van der Waals surface area contributed by atoms with Crippen molar-refractivity contribution in [2.75, 3.05) is 26.8 Å². The molecule has 0 aromatic heterocycles. The Bertz CT molecular complexity index is 603. The lowest BCUT2D eigenvalue weighted by atomic mass is 10.2. The summed E-state index contributed by atoms with van der Waals surface area (Å²) in [5.41, 5.74) is 0.813. The molecule has 24 heavy (non-hydrogen) atoms. The minimum atomic E-state index is -0.555. The summed E-state index contributed by atoms with van der Waals surface area (Å²) < 4.78 is 15.7. The summed E-state index contributed by atoms with van der Waals surface area (Å²) in [6.45, 7) is 4.60. The van der Waals surface area contributed by atoms with Gasteiger partial charge in [-0.3, -0.25) is 4.79 Å². The predicted octanol–water partition coefficient (Wildman–Crippen LogP) is 1.89. The van der Waals surface area contributed by atoms with Crippen LogP contribution in [0.4, 0.5) is 0 Å². The van der Waals surface area contributed by atoms with E-state index >= 15 is 0 Å². The summed E-state index contributed by atoms with van der Waals surface area (Å²) in [5.74, 6) is -0.0584. The second-order valence-electron chi connectivity index (χ2n) is 5.77. The number of hydrogen-bond acceptors (Lipinski definition) is 5. The molecule has 1 fully saturated rings. The quantitative estimate of drug-likeness (QED) is 0.608. The number of morpholine rings is 1. The van der Waals surface area contributed by atoms with E-state index in [1.165, 1.54) is 6.08 Å². The van der Waals surface area contributed by atoms with E-state index in [9.17, 15) is 9.59 Å². The Balaban J connectivity index is 1.82. The SMILES string of the molecule is COc1cccc(/C=C/C(=O)OCC(=O)N2C[C@@H](C)O[C@@H](C)C2)c1. The molecule has 1 aromatic carbocycles. The van der Waals surface area contributed by atoms with Gasteiger partial charge in [-0.15, -0.1) is 0 Å². The summed E-state index contributed by atoms with van der Waals surface area (Å²) in [5, 5.41) is 0. The van der Waals surface area contributed by atoms with Crippen LogP contribution in [0.5, 0.6) is 5.75 Å². The third-order valence-electron chi connectivity index (χ3n) is 3.62. The maximum Gasteiger partial charge on any atom is 0.331 e. The monoisotopic (exact) mass is 333 g/mol. The second-order valence-corrected chi connectivity index (χ2v) is 5.77. The number of benzene rings is 1. The Morgan fingerprint density at radius 2 is 2.00 bits per heavy atom. The largest absolute Gasteiger partial charge is 0.497 e. The van der Waals surface area contributed by atoms with Crippen LogP contribution in [-0.2, 0) is 19.1 Å². The molecule has 130 valence electrons. The van der Waals surface area contributed by atoms with Crippen LogP contribution >= 0.6 is 0 Å². The fourth-order valence-corrected chi connectivity index (χ4v) is 2.56. The predicted molar refractivity (Wildman–Crippen MR) is 89.6 cm³/mol. The molecule has 1 heterocycles. The lowest BCUT2D eigenvalue weighted by molar-refractivity contribution is -0.154. The van der Waals surface area contributed by atoms with Crippen LogP contribution in [0.2, 0.25) is 0 Å². The maximum absolute atomic E-state index is 12.1. The Hall–Kier alpha value is -2.34. The fraction of sp³-hybridized carbons (Fsp3) is 0.444. The molecule has 1 aliphatic heterocycles. The van der Waals surface area contributed by atoms with Crippen LogP contribution in [-0.4, -0.2) is 55.8 Å². The summed E-state index contributed by atoms with van der Waals surface area (Å²) in [6.07, 6.45) is 2.89. The summed E-state index contributed by atoms with van der Waals surface area (Å²) in [6, 6.07) is 7.28. The number of ether oxygens (including phenoxy) is 3. The Kier molecular flexibility index (Phi) is 6.37. The molecule has 0 N–H and O–H groups in total. The Morgan fingerprint density at radius 3 is 2.67 bits per heavy atom. The van der Waals surface area contributed by atoms with Crippen molar-refractivity contribution in [2.45, 2.75) is 26.1 Å². The number of carbonyl (C=O) groups excluding carboxylic acids is 2. The highest BCUT2D eigenvalue weighted by atomic mass is 16.5. The van der Waals surface area contributed by atoms with Gasteiger partial charge in [0.2, 0.25) is 0 Å². The van der Waals surface area contributed by atoms with Gasteiger partial charge in [0.1, 0.15) is 5.75 Å². The van der Waals surface area contributed by atoms with Gasteiger partial charge >= 0.3 is 5.97 Å². The van der Waals surface area contributed by atoms with E-state index in [-0.39, 0.29) is 24.7 Å². The lowest BCUT2D eigenvalue weighted by Crippen LogP contribution is -2.49. The van der Waals surface area contributed by atoms with Crippen LogP contribution in [0, 0.1) is 0 Å². The van der Waals surface area contributed by atoms with Crippen LogP contribution in [0.1, 0.15) is 19.4 Å². The van der Waals surface area contributed by atoms with Crippen molar-refractivity contribution < 1.29 is 23.8 Å². The van der Waals surface area contributed by atoms with Gasteiger partial charge in [-0.25, -0.2) is 4.79 Å².